The molecule has 0 saturated heterocycles. The van der Waals surface area contributed by atoms with Crippen LogP contribution >= 0.6 is 0 Å². The van der Waals surface area contributed by atoms with Gasteiger partial charge in [0.05, 0.1) is 0 Å². The molecule has 22 heavy (non-hydrogen) atoms. The van der Waals surface area contributed by atoms with Crippen LogP contribution in [-0.4, -0.2) is 14.1 Å². The molecule has 0 aromatic carbocycles. The van der Waals surface area contributed by atoms with E-state index in [2.05, 4.69) is 44.6 Å². The van der Waals surface area contributed by atoms with E-state index in [1.165, 1.54) is 0 Å². The van der Waals surface area contributed by atoms with Crippen molar-refractivity contribution in [1.29, 1.82) is 0 Å². The van der Waals surface area contributed by atoms with E-state index >= 15 is 0 Å². The SMILES string of the molecule is C=CC.C=CC(=C)C.C=CC(C)/C=C\C.CC.CC.CNC. The van der Waals surface area contributed by atoms with E-state index in [0.717, 1.165) is 5.57 Å². The van der Waals surface area contributed by atoms with Gasteiger partial charge in [0, 0.05) is 0 Å². The van der Waals surface area contributed by atoms with Gasteiger partial charge in [-0.25, -0.2) is 0 Å². The van der Waals surface area contributed by atoms with Crippen LogP contribution in [0, 0.1) is 5.92 Å². The third-order valence-corrected chi connectivity index (χ3v) is 1.22. The Morgan fingerprint density at radius 3 is 1.23 bits per heavy atom. The summed E-state index contributed by atoms with van der Waals surface area (Å²) in [5, 5.41) is 2.75. The van der Waals surface area contributed by atoms with Crippen LogP contribution in [0.15, 0.2) is 62.3 Å². The van der Waals surface area contributed by atoms with Crippen LogP contribution in [0.25, 0.3) is 0 Å². The molecule has 1 heteroatoms. The Morgan fingerprint density at radius 2 is 1.18 bits per heavy atom. The molecule has 0 saturated carbocycles. The first-order chi connectivity index (χ1) is 10.4. The second kappa shape index (κ2) is 60.2. The minimum absolute atomic E-state index is 0.532. The summed E-state index contributed by atoms with van der Waals surface area (Å²) in [4.78, 5) is 0. The Labute approximate surface area is 143 Å². The number of nitrogens with one attached hydrogen (secondary N) is 1. The van der Waals surface area contributed by atoms with Crippen molar-refractivity contribution in [3.8, 4) is 0 Å². The monoisotopic (exact) mass is 311 g/mol. The first-order valence-corrected chi connectivity index (χ1v) is 8.10. The molecule has 1 N–H and O–H groups in total. The number of hydrogen-bond acceptors (Lipinski definition) is 1. The lowest BCUT2D eigenvalue weighted by atomic mass is 10.2. The highest BCUT2D eigenvalue weighted by atomic mass is 14.7. The lowest BCUT2D eigenvalue weighted by Crippen LogP contribution is -1.89. The van der Waals surface area contributed by atoms with Crippen LogP contribution in [0.2, 0.25) is 0 Å². The smallest absolute Gasteiger partial charge is 0.00847 e. The van der Waals surface area contributed by atoms with Crippen molar-refractivity contribution in [2.24, 2.45) is 5.92 Å². The summed E-state index contributed by atoms with van der Waals surface area (Å²) < 4.78 is 0. The van der Waals surface area contributed by atoms with Crippen molar-refractivity contribution in [3.63, 3.8) is 0 Å². The standard InChI is InChI=1S/C7H12.C5H8.C3H6.C2H7N.2C2H6/c1-4-6-7(3)5-2;1-4-5(2)3;2*1-3-2;2*1-2/h4-7H,2H2,1,3H3;4H,1-2H2,3H3;3H,1H2,2H3;3H,1-2H3;2*1-2H3/b6-4-;;;;;. The average Bonchev–Trinajstić information content (AvgIpc) is 2.53. The molecule has 0 spiro atoms. The van der Waals surface area contributed by atoms with Gasteiger partial charge >= 0.3 is 0 Å². The average molecular weight is 312 g/mol. The number of allylic oxidation sites excluding steroid dienone is 6. The van der Waals surface area contributed by atoms with Crippen molar-refractivity contribution >= 4 is 0 Å². The van der Waals surface area contributed by atoms with Gasteiger partial charge in [-0.1, -0.05) is 83.7 Å². The zero-order valence-corrected chi connectivity index (χ0v) is 17.3. The Balaban J connectivity index is -0.0000000378. The second-order valence-electron chi connectivity index (χ2n) is 3.58. The highest BCUT2D eigenvalue weighted by Crippen LogP contribution is 1.95. The molecule has 0 amide bonds. The van der Waals surface area contributed by atoms with E-state index in [1.54, 1.807) is 12.2 Å². The molecule has 0 rings (SSSR count). The van der Waals surface area contributed by atoms with Crippen molar-refractivity contribution in [2.45, 2.75) is 55.4 Å². The molecule has 0 aromatic rings. The van der Waals surface area contributed by atoms with E-state index in [0.29, 0.717) is 5.92 Å². The van der Waals surface area contributed by atoms with Crippen molar-refractivity contribution in [2.75, 3.05) is 14.1 Å². The minimum Gasteiger partial charge on any atom is -0.323 e. The molecule has 1 unspecified atom stereocenters. The summed E-state index contributed by atoms with van der Waals surface area (Å²) in [5.41, 5.74) is 1.02. The Hall–Kier alpha value is -1.34. The fourth-order valence-electron chi connectivity index (χ4n) is 0.382. The maximum atomic E-state index is 3.63. The van der Waals surface area contributed by atoms with Crippen molar-refractivity contribution < 1.29 is 0 Å². The molecule has 0 bridgehead atoms. The molecule has 1 nitrogen and oxygen atoms in total. The van der Waals surface area contributed by atoms with Gasteiger partial charge in [0.1, 0.15) is 0 Å². The molecular weight excluding hydrogens is 266 g/mol. The molecule has 0 aliphatic carbocycles. The first kappa shape index (κ1) is 37.2. The van der Waals surface area contributed by atoms with Gasteiger partial charge in [-0.05, 0) is 40.8 Å². The normalized spacial score (nSPS) is 8.09. The molecule has 0 aliphatic heterocycles. The summed E-state index contributed by atoms with van der Waals surface area (Å²) in [5.74, 6) is 0.532. The summed E-state index contributed by atoms with van der Waals surface area (Å²) in [6.45, 7) is 29.9. The van der Waals surface area contributed by atoms with E-state index in [-0.39, 0.29) is 0 Å². The summed E-state index contributed by atoms with van der Waals surface area (Å²) in [6, 6.07) is 0. The number of rotatable bonds is 3. The van der Waals surface area contributed by atoms with Gasteiger partial charge in [0.2, 0.25) is 0 Å². The van der Waals surface area contributed by atoms with E-state index in [9.17, 15) is 0 Å². The lowest BCUT2D eigenvalue weighted by Gasteiger charge is -1.90. The lowest BCUT2D eigenvalue weighted by molar-refractivity contribution is 0.941. The Bertz CT molecular complexity index is 212. The van der Waals surface area contributed by atoms with E-state index < -0.39 is 0 Å². The van der Waals surface area contributed by atoms with Gasteiger partial charge in [0.15, 0.2) is 0 Å². The molecule has 0 aliphatic rings. The highest BCUT2D eigenvalue weighted by Gasteiger charge is 1.81. The third kappa shape index (κ3) is 182. The largest absolute Gasteiger partial charge is 0.323 e. The molecule has 134 valence electrons. The fraction of sp³-hybridized carbons (Fsp3) is 0.524. The van der Waals surface area contributed by atoms with Crippen molar-refractivity contribution in [3.05, 3.63) is 62.3 Å². The fourth-order valence-corrected chi connectivity index (χ4v) is 0.382. The van der Waals surface area contributed by atoms with Gasteiger partial charge in [-0.15, -0.1) is 13.2 Å². The quantitative estimate of drug-likeness (QED) is 0.429. The molecule has 0 fully saturated rings. The molecule has 0 radical (unpaired) electrons. The second-order valence-corrected chi connectivity index (χ2v) is 3.58. The summed E-state index contributed by atoms with van der Waals surface area (Å²) in [7, 11) is 3.75. The van der Waals surface area contributed by atoms with Gasteiger partial charge < -0.3 is 5.32 Å². The van der Waals surface area contributed by atoms with Crippen LogP contribution in [0.5, 0.6) is 0 Å². The van der Waals surface area contributed by atoms with E-state index in [1.807, 2.05) is 74.7 Å². The Morgan fingerprint density at radius 1 is 0.955 bits per heavy atom. The zero-order chi connectivity index (χ0) is 19.4. The molecule has 0 heterocycles. The van der Waals surface area contributed by atoms with Gasteiger partial charge in [-0.3, -0.25) is 0 Å². The van der Waals surface area contributed by atoms with Crippen LogP contribution < -0.4 is 5.32 Å². The van der Waals surface area contributed by atoms with Crippen LogP contribution in [0.4, 0.5) is 0 Å². The van der Waals surface area contributed by atoms with Crippen LogP contribution in [0.1, 0.15) is 55.4 Å². The minimum atomic E-state index is 0.532. The van der Waals surface area contributed by atoms with Crippen LogP contribution in [-0.2, 0) is 0 Å². The van der Waals surface area contributed by atoms with Crippen LogP contribution in [0.3, 0.4) is 0 Å². The number of hydrogen-bond donors (Lipinski definition) is 1. The van der Waals surface area contributed by atoms with E-state index in [4.69, 9.17) is 0 Å². The molecular formula is C21H45N. The molecule has 1 atom stereocenters. The van der Waals surface area contributed by atoms with Crippen molar-refractivity contribution in [1.82, 2.24) is 5.32 Å². The highest BCUT2D eigenvalue weighted by molar-refractivity contribution is 5.05. The maximum absolute atomic E-state index is 3.63. The predicted molar refractivity (Wildman–Crippen MR) is 113 cm³/mol. The summed E-state index contributed by atoms with van der Waals surface area (Å²) in [6.07, 6.45) is 9.53. The predicted octanol–water partition coefficient (Wildman–Crippen LogP) is 7.21. The van der Waals surface area contributed by atoms with Gasteiger partial charge in [0.25, 0.3) is 0 Å². The topological polar surface area (TPSA) is 12.0 Å². The Kier molecular flexibility index (Phi) is 102. The summed E-state index contributed by atoms with van der Waals surface area (Å²) >= 11 is 0. The zero-order valence-electron chi connectivity index (χ0n) is 17.3. The third-order valence-electron chi connectivity index (χ3n) is 1.22. The first-order valence-electron chi connectivity index (χ1n) is 8.10. The van der Waals surface area contributed by atoms with Gasteiger partial charge in [-0.2, -0.15) is 0 Å². The molecule has 0 aromatic heterocycles. The maximum Gasteiger partial charge on any atom is -0.00847 e.